The standard InChI is InChI=1S/C38H46N4O4/c43-31(28-46-36-20-9-19-35-33(36)18-11-23-39-35)26-42-25-21-32(37(44)41-24-10-17-30-14-5-2-6-15-30)34(27-42)38(45)40-22-8-7-16-29-12-3-1-4-13-29/h1-6,9,11-15,18-20,23,31-32,34,43H,7-8,10,16-17,21-22,24-28H2,(H,40,45)(H,41,44). The molecule has 1 aliphatic heterocycles. The van der Waals surface area contributed by atoms with Crippen molar-refractivity contribution in [3.8, 4) is 5.75 Å². The molecule has 0 aliphatic carbocycles. The second kappa shape index (κ2) is 17.4. The summed E-state index contributed by atoms with van der Waals surface area (Å²) >= 11 is 0. The highest BCUT2D eigenvalue weighted by molar-refractivity contribution is 5.88. The van der Waals surface area contributed by atoms with Crippen molar-refractivity contribution < 1.29 is 19.4 Å². The van der Waals surface area contributed by atoms with Gasteiger partial charge in [0.1, 0.15) is 18.5 Å². The van der Waals surface area contributed by atoms with Crippen molar-refractivity contribution in [3.63, 3.8) is 0 Å². The van der Waals surface area contributed by atoms with Crippen molar-refractivity contribution in [2.45, 2.75) is 44.6 Å². The van der Waals surface area contributed by atoms with E-state index in [1.165, 1.54) is 11.1 Å². The topological polar surface area (TPSA) is 104 Å². The molecule has 0 spiro atoms. The summed E-state index contributed by atoms with van der Waals surface area (Å²) in [5, 5.41) is 18.0. The predicted octanol–water partition coefficient (Wildman–Crippen LogP) is 4.80. The van der Waals surface area contributed by atoms with Crippen molar-refractivity contribution in [3.05, 3.63) is 108 Å². The second-order valence-electron chi connectivity index (χ2n) is 12.2. The number of aliphatic hydroxyl groups is 1. The molecule has 1 saturated heterocycles. The summed E-state index contributed by atoms with van der Waals surface area (Å²) in [6, 6.07) is 30.1. The predicted molar refractivity (Wildman–Crippen MR) is 181 cm³/mol. The first-order chi connectivity index (χ1) is 22.6. The monoisotopic (exact) mass is 622 g/mol. The van der Waals surface area contributed by atoms with Crippen LogP contribution in [0.2, 0.25) is 0 Å². The molecular weight excluding hydrogens is 576 g/mol. The van der Waals surface area contributed by atoms with Gasteiger partial charge in [0, 0.05) is 37.8 Å². The number of aliphatic hydroxyl groups excluding tert-OH is 1. The van der Waals surface area contributed by atoms with Crippen LogP contribution in [0.25, 0.3) is 10.9 Å². The van der Waals surface area contributed by atoms with Crippen LogP contribution in [0.4, 0.5) is 0 Å². The summed E-state index contributed by atoms with van der Waals surface area (Å²) in [7, 11) is 0. The Kier molecular flexibility index (Phi) is 12.5. The molecule has 3 unspecified atom stereocenters. The van der Waals surface area contributed by atoms with Crippen LogP contribution >= 0.6 is 0 Å². The third-order valence-corrected chi connectivity index (χ3v) is 8.69. The Morgan fingerprint density at radius 3 is 2.22 bits per heavy atom. The molecule has 46 heavy (non-hydrogen) atoms. The number of hydrogen-bond acceptors (Lipinski definition) is 6. The molecule has 2 amide bonds. The Morgan fingerprint density at radius 1 is 0.804 bits per heavy atom. The van der Waals surface area contributed by atoms with E-state index in [4.69, 9.17) is 4.74 Å². The Morgan fingerprint density at radius 2 is 1.48 bits per heavy atom. The summed E-state index contributed by atoms with van der Waals surface area (Å²) in [6.45, 7) is 2.65. The molecule has 4 aromatic rings. The van der Waals surface area contributed by atoms with Crippen LogP contribution in [-0.4, -0.2) is 72.2 Å². The molecule has 242 valence electrons. The van der Waals surface area contributed by atoms with Crippen LogP contribution < -0.4 is 15.4 Å². The van der Waals surface area contributed by atoms with Gasteiger partial charge in [-0.15, -0.1) is 0 Å². The minimum Gasteiger partial charge on any atom is -0.490 e. The van der Waals surface area contributed by atoms with Gasteiger partial charge in [-0.2, -0.15) is 0 Å². The summed E-state index contributed by atoms with van der Waals surface area (Å²) < 4.78 is 5.99. The first-order valence-corrected chi connectivity index (χ1v) is 16.6. The number of hydrogen-bond donors (Lipinski definition) is 3. The van der Waals surface area contributed by atoms with E-state index in [9.17, 15) is 14.7 Å². The molecule has 3 N–H and O–H groups in total. The van der Waals surface area contributed by atoms with Gasteiger partial charge in [-0.05, 0) is 80.5 Å². The van der Waals surface area contributed by atoms with Crippen LogP contribution in [0.1, 0.15) is 36.8 Å². The Balaban J connectivity index is 1.13. The molecule has 8 heteroatoms. The highest BCUT2D eigenvalue weighted by Gasteiger charge is 2.38. The van der Waals surface area contributed by atoms with Crippen LogP contribution in [-0.2, 0) is 22.4 Å². The number of nitrogens with one attached hydrogen (secondary N) is 2. The van der Waals surface area contributed by atoms with Crippen molar-refractivity contribution in [1.29, 1.82) is 0 Å². The molecule has 1 fully saturated rings. The average molecular weight is 623 g/mol. The number of β-amino-alcohol motifs (C(OH)–C–C–N with tert-alkyl or cyclic N) is 1. The van der Waals surface area contributed by atoms with E-state index in [-0.39, 0.29) is 18.4 Å². The zero-order chi connectivity index (χ0) is 32.0. The van der Waals surface area contributed by atoms with Crippen LogP contribution in [0.5, 0.6) is 5.75 Å². The number of amides is 2. The molecule has 1 aliphatic rings. The van der Waals surface area contributed by atoms with Crippen LogP contribution in [0.3, 0.4) is 0 Å². The van der Waals surface area contributed by atoms with Gasteiger partial charge in [-0.3, -0.25) is 19.5 Å². The lowest BCUT2D eigenvalue weighted by Gasteiger charge is -2.37. The third-order valence-electron chi connectivity index (χ3n) is 8.69. The van der Waals surface area contributed by atoms with E-state index >= 15 is 0 Å². The lowest BCUT2D eigenvalue weighted by Crippen LogP contribution is -2.53. The maximum Gasteiger partial charge on any atom is 0.225 e. The minimum absolute atomic E-state index is 0.0645. The largest absolute Gasteiger partial charge is 0.490 e. The number of carbonyl (C=O) groups is 2. The summed E-state index contributed by atoms with van der Waals surface area (Å²) in [5.41, 5.74) is 3.37. The van der Waals surface area contributed by atoms with Crippen LogP contribution in [0.15, 0.2) is 97.2 Å². The van der Waals surface area contributed by atoms with Gasteiger partial charge < -0.3 is 20.5 Å². The molecular formula is C38H46N4O4. The van der Waals surface area contributed by atoms with Crippen molar-refractivity contribution in [2.75, 3.05) is 39.3 Å². The lowest BCUT2D eigenvalue weighted by atomic mass is 9.83. The van der Waals surface area contributed by atoms with E-state index in [1.807, 2.05) is 66.7 Å². The number of unbranched alkanes of at least 4 members (excludes halogenated alkanes) is 1. The van der Waals surface area contributed by atoms with Gasteiger partial charge in [-0.25, -0.2) is 0 Å². The number of aryl methyl sites for hydroxylation is 2. The van der Waals surface area contributed by atoms with Gasteiger partial charge in [0.05, 0.1) is 17.4 Å². The number of pyridine rings is 1. The van der Waals surface area contributed by atoms with Crippen molar-refractivity contribution in [1.82, 2.24) is 20.5 Å². The average Bonchev–Trinajstić information content (AvgIpc) is 3.09. The first-order valence-electron chi connectivity index (χ1n) is 16.6. The second-order valence-corrected chi connectivity index (χ2v) is 12.2. The molecule has 1 aromatic heterocycles. The Labute approximate surface area is 272 Å². The maximum atomic E-state index is 13.5. The number of piperidine rings is 1. The fraction of sp³-hybridized carbons (Fsp3) is 0.395. The van der Waals surface area contributed by atoms with Gasteiger partial charge in [0.2, 0.25) is 11.8 Å². The fourth-order valence-electron chi connectivity index (χ4n) is 6.22. The highest BCUT2D eigenvalue weighted by Crippen LogP contribution is 2.26. The van der Waals surface area contributed by atoms with E-state index in [0.29, 0.717) is 44.9 Å². The highest BCUT2D eigenvalue weighted by atomic mass is 16.5. The summed E-state index contributed by atoms with van der Waals surface area (Å²) in [6.07, 6.45) is 6.09. The van der Waals surface area contributed by atoms with Gasteiger partial charge in [0.15, 0.2) is 0 Å². The molecule has 0 radical (unpaired) electrons. The Hall–Kier alpha value is -4.27. The van der Waals surface area contributed by atoms with E-state index in [2.05, 4.69) is 44.8 Å². The molecule has 3 atom stereocenters. The number of nitrogens with zero attached hydrogens (tertiary/aromatic N) is 2. The normalized spacial score (nSPS) is 17.3. The molecule has 2 heterocycles. The molecule has 3 aromatic carbocycles. The third kappa shape index (κ3) is 9.86. The molecule has 0 saturated carbocycles. The quantitative estimate of drug-likeness (QED) is 0.155. The zero-order valence-corrected chi connectivity index (χ0v) is 26.5. The van der Waals surface area contributed by atoms with Crippen LogP contribution in [0, 0.1) is 11.8 Å². The number of rotatable bonds is 16. The Bertz CT molecular complexity index is 1510. The number of likely N-dealkylation sites (tertiary alicyclic amines) is 1. The lowest BCUT2D eigenvalue weighted by molar-refractivity contribution is -0.138. The smallest absolute Gasteiger partial charge is 0.225 e. The molecule has 0 bridgehead atoms. The zero-order valence-electron chi connectivity index (χ0n) is 26.5. The van der Waals surface area contributed by atoms with Gasteiger partial charge in [-0.1, -0.05) is 66.7 Å². The minimum atomic E-state index is -0.753. The van der Waals surface area contributed by atoms with E-state index < -0.39 is 17.9 Å². The number of ether oxygens (including phenoxy) is 1. The number of aromatic nitrogens is 1. The summed E-state index contributed by atoms with van der Waals surface area (Å²) in [5.74, 6) is -0.381. The van der Waals surface area contributed by atoms with Crippen molar-refractivity contribution >= 4 is 22.7 Å². The molecule has 5 rings (SSSR count). The fourth-order valence-corrected chi connectivity index (χ4v) is 6.22. The van der Waals surface area contributed by atoms with E-state index in [0.717, 1.165) is 43.0 Å². The summed E-state index contributed by atoms with van der Waals surface area (Å²) in [4.78, 5) is 33.3. The number of carbonyl (C=O) groups excluding carboxylic acids is 2. The maximum absolute atomic E-state index is 13.5. The van der Waals surface area contributed by atoms with Crippen molar-refractivity contribution in [2.24, 2.45) is 11.8 Å². The number of benzene rings is 3. The number of fused-ring (bicyclic) bond motifs is 1. The molecule has 8 nitrogen and oxygen atoms in total. The van der Waals surface area contributed by atoms with E-state index in [1.54, 1.807) is 6.20 Å². The van der Waals surface area contributed by atoms with Gasteiger partial charge in [0.25, 0.3) is 0 Å². The van der Waals surface area contributed by atoms with Gasteiger partial charge >= 0.3 is 0 Å². The SMILES string of the molecule is O=C(NCCCc1ccccc1)C1CCN(CC(O)COc2cccc3ncccc23)CC1C(=O)NCCCCc1ccccc1. The first kappa shape index (κ1) is 33.1.